The zero-order chi connectivity index (χ0) is 13.9. The Labute approximate surface area is 122 Å². The Balaban J connectivity index is 2.11. The summed E-state index contributed by atoms with van der Waals surface area (Å²) >= 11 is 1.73. The second-order valence-corrected chi connectivity index (χ2v) is 5.60. The van der Waals surface area contributed by atoms with E-state index in [0.717, 1.165) is 16.8 Å². The standard InChI is InChI=1S/C17H15N2S/c1-12(13-6-8-19-9-7-13)16-11-14(18)4-5-15(16)17-3-2-10-20-17/h2-12H,1,18H2. The third kappa shape index (κ3) is 2.45. The molecule has 2 nitrogen and oxygen atoms in total. The van der Waals surface area contributed by atoms with Crippen molar-refractivity contribution in [3.63, 3.8) is 0 Å². The Kier molecular flexibility index (Phi) is 3.52. The molecule has 0 aliphatic heterocycles. The summed E-state index contributed by atoms with van der Waals surface area (Å²) in [6, 6.07) is 14.2. The van der Waals surface area contributed by atoms with Crippen LogP contribution in [0.5, 0.6) is 0 Å². The number of nitrogens with zero attached hydrogens (tertiary/aromatic N) is 1. The monoisotopic (exact) mass is 279 g/mol. The van der Waals surface area contributed by atoms with Gasteiger partial charge in [0, 0.05) is 28.9 Å². The van der Waals surface area contributed by atoms with Crippen molar-refractivity contribution in [2.75, 3.05) is 5.73 Å². The Morgan fingerprint density at radius 3 is 2.60 bits per heavy atom. The molecule has 0 aliphatic carbocycles. The zero-order valence-electron chi connectivity index (χ0n) is 11.0. The van der Waals surface area contributed by atoms with E-state index in [9.17, 15) is 0 Å². The molecule has 0 amide bonds. The van der Waals surface area contributed by atoms with Crippen LogP contribution in [0.1, 0.15) is 17.0 Å². The van der Waals surface area contributed by atoms with E-state index in [1.54, 1.807) is 23.7 Å². The summed E-state index contributed by atoms with van der Waals surface area (Å²) in [6.07, 6.45) is 3.59. The largest absolute Gasteiger partial charge is 0.399 e. The molecular formula is C17H15N2S. The number of nitrogen functional groups attached to an aromatic ring is 1. The summed E-state index contributed by atoms with van der Waals surface area (Å²) < 4.78 is 0. The molecular weight excluding hydrogens is 264 g/mol. The highest BCUT2D eigenvalue weighted by Gasteiger charge is 2.15. The fourth-order valence-corrected chi connectivity index (χ4v) is 3.07. The number of benzene rings is 1. The lowest BCUT2D eigenvalue weighted by atomic mass is 9.89. The van der Waals surface area contributed by atoms with Crippen LogP contribution in [0.3, 0.4) is 0 Å². The number of anilines is 1. The van der Waals surface area contributed by atoms with Crippen LogP contribution < -0.4 is 5.73 Å². The highest BCUT2D eigenvalue weighted by molar-refractivity contribution is 7.13. The van der Waals surface area contributed by atoms with Gasteiger partial charge in [-0.05, 0) is 59.3 Å². The Morgan fingerprint density at radius 1 is 1.10 bits per heavy atom. The minimum Gasteiger partial charge on any atom is -0.399 e. The summed E-state index contributed by atoms with van der Waals surface area (Å²) in [4.78, 5) is 5.30. The summed E-state index contributed by atoms with van der Waals surface area (Å²) in [5, 5.41) is 2.08. The van der Waals surface area contributed by atoms with Gasteiger partial charge in [-0.1, -0.05) is 12.1 Å². The van der Waals surface area contributed by atoms with Gasteiger partial charge in [-0.2, -0.15) is 0 Å². The fraction of sp³-hybridized carbons (Fsp3) is 0.0588. The summed E-state index contributed by atoms with van der Waals surface area (Å²) in [6.45, 7) is 4.31. The van der Waals surface area contributed by atoms with E-state index in [4.69, 9.17) is 5.73 Å². The van der Waals surface area contributed by atoms with E-state index in [2.05, 4.69) is 35.5 Å². The molecule has 1 unspecified atom stereocenters. The lowest BCUT2D eigenvalue weighted by Crippen LogP contribution is -2.00. The van der Waals surface area contributed by atoms with Gasteiger partial charge in [0.05, 0.1) is 0 Å². The average Bonchev–Trinajstić information content (AvgIpc) is 3.01. The molecule has 2 N–H and O–H groups in total. The molecule has 3 aromatic rings. The minimum absolute atomic E-state index is 0.0404. The van der Waals surface area contributed by atoms with Gasteiger partial charge in [-0.25, -0.2) is 0 Å². The summed E-state index contributed by atoms with van der Waals surface area (Å²) in [5.41, 5.74) is 10.2. The summed E-state index contributed by atoms with van der Waals surface area (Å²) in [7, 11) is 0. The molecule has 0 saturated heterocycles. The maximum Gasteiger partial charge on any atom is 0.0345 e. The minimum atomic E-state index is 0.0404. The predicted molar refractivity (Wildman–Crippen MR) is 85.6 cm³/mol. The van der Waals surface area contributed by atoms with E-state index in [1.165, 1.54) is 10.4 Å². The van der Waals surface area contributed by atoms with Crippen LogP contribution in [-0.2, 0) is 0 Å². The number of aromatic nitrogens is 1. The third-order valence-corrected chi connectivity index (χ3v) is 4.25. The van der Waals surface area contributed by atoms with Crippen molar-refractivity contribution in [3.05, 3.63) is 78.3 Å². The van der Waals surface area contributed by atoms with E-state index < -0.39 is 0 Å². The Morgan fingerprint density at radius 2 is 1.90 bits per heavy atom. The molecule has 99 valence electrons. The zero-order valence-corrected chi connectivity index (χ0v) is 11.8. The third-order valence-electron chi connectivity index (χ3n) is 3.35. The van der Waals surface area contributed by atoms with Crippen molar-refractivity contribution in [3.8, 4) is 10.4 Å². The number of rotatable bonds is 3. The molecule has 1 atom stereocenters. The number of thiophene rings is 1. The Hall–Kier alpha value is -2.13. The first kappa shape index (κ1) is 12.9. The van der Waals surface area contributed by atoms with Crippen LogP contribution in [0.25, 0.3) is 10.4 Å². The summed E-state index contributed by atoms with van der Waals surface area (Å²) in [5.74, 6) is 0.0404. The van der Waals surface area contributed by atoms with E-state index in [1.807, 2.05) is 24.3 Å². The van der Waals surface area contributed by atoms with Gasteiger partial charge in [0.2, 0.25) is 0 Å². The maximum atomic E-state index is 5.96. The highest BCUT2D eigenvalue weighted by atomic mass is 32.1. The van der Waals surface area contributed by atoms with Gasteiger partial charge >= 0.3 is 0 Å². The van der Waals surface area contributed by atoms with Gasteiger partial charge in [0.25, 0.3) is 0 Å². The van der Waals surface area contributed by atoms with Crippen LogP contribution in [0, 0.1) is 6.92 Å². The first-order valence-electron chi connectivity index (χ1n) is 6.42. The molecule has 20 heavy (non-hydrogen) atoms. The van der Waals surface area contributed by atoms with E-state index >= 15 is 0 Å². The molecule has 0 aliphatic rings. The van der Waals surface area contributed by atoms with Gasteiger partial charge in [0.1, 0.15) is 0 Å². The second kappa shape index (κ2) is 5.47. The van der Waals surface area contributed by atoms with Crippen molar-refractivity contribution in [2.24, 2.45) is 0 Å². The molecule has 2 aromatic heterocycles. The molecule has 3 heteroatoms. The fourth-order valence-electron chi connectivity index (χ4n) is 2.30. The predicted octanol–water partition coefficient (Wildman–Crippen LogP) is 4.36. The van der Waals surface area contributed by atoms with E-state index in [0.29, 0.717) is 0 Å². The lowest BCUT2D eigenvalue weighted by molar-refractivity contribution is 1.02. The van der Waals surface area contributed by atoms with Crippen LogP contribution in [0.4, 0.5) is 5.69 Å². The van der Waals surface area contributed by atoms with Crippen molar-refractivity contribution in [2.45, 2.75) is 5.92 Å². The second-order valence-electron chi connectivity index (χ2n) is 4.66. The maximum absolute atomic E-state index is 5.96. The number of nitrogens with two attached hydrogens (primary N) is 1. The molecule has 0 bridgehead atoms. The van der Waals surface area contributed by atoms with Gasteiger partial charge in [-0.15, -0.1) is 11.3 Å². The number of hydrogen-bond donors (Lipinski definition) is 1. The molecule has 0 saturated carbocycles. The van der Waals surface area contributed by atoms with E-state index in [-0.39, 0.29) is 5.92 Å². The quantitative estimate of drug-likeness (QED) is 0.723. The van der Waals surface area contributed by atoms with Crippen LogP contribution in [0.15, 0.2) is 60.2 Å². The van der Waals surface area contributed by atoms with Crippen LogP contribution >= 0.6 is 11.3 Å². The highest BCUT2D eigenvalue weighted by Crippen LogP contribution is 2.36. The molecule has 0 spiro atoms. The van der Waals surface area contributed by atoms with Gasteiger partial charge in [-0.3, -0.25) is 4.98 Å². The van der Waals surface area contributed by atoms with Crippen molar-refractivity contribution < 1.29 is 0 Å². The SMILES string of the molecule is [CH2]C(c1ccncc1)c1cc(N)ccc1-c1cccs1. The molecule has 0 fully saturated rings. The average molecular weight is 279 g/mol. The Bertz CT molecular complexity index is 690. The van der Waals surface area contributed by atoms with Crippen molar-refractivity contribution in [1.29, 1.82) is 0 Å². The van der Waals surface area contributed by atoms with Gasteiger partial charge in [0.15, 0.2) is 0 Å². The molecule has 1 aromatic carbocycles. The number of pyridine rings is 1. The van der Waals surface area contributed by atoms with Gasteiger partial charge < -0.3 is 5.73 Å². The van der Waals surface area contributed by atoms with Crippen LogP contribution in [0.2, 0.25) is 0 Å². The lowest BCUT2D eigenvalue weighted by Gasteiger charge is -2.17. The topological polar surface area (TPSA) is 38.9 Å². The first-order valence-corrected chi connectivity index (χ1v) is 7.30. The number of hydrogen-bond acceptors (Lipinski definition) is 3. The normalized spacial score (nSPS) is 12.2. The smallest absolute Gasteiger partial charge is 0.0345 e. The van der Waals surface area contributed by atoms with Crippen LogP contribution in [-0.4, -0.2) is 4.98 Å². The van der Waals surface area contributed by atoms with Crippen molar-refractivity contribution >= 4 is 17.0 Å². The first-order chi connectivity index (χ1) is 9.75. The molecule has 3 rings (SSSR count). The molecule has 1 radical (unpaired) electrons. The van der Waals surface area contributed by atoms with Crippen molar-refractivity contribution in [1.82, 2.24) is 4.98 Å². The molecule has 2 heterocycles.